The van der Waals surface area contributed by atoms with Gasteiger partial charge in [-0.1, -0.05) is 33.6 Å². The molecule has 0 fully saturated rings. The summed E-state index contributed by atoms with van der Waals surface area (Å²) in [6.07, 6.45) is 5.06. The lowest BCUT2D eigenvalue weighted by atomic mass is 9.86. The third kappa shape index (κ3) is 7.37. The highest BCUT2D eigenvalue weighted by Gasteiger charge is 2.32. The van der Waals surface area contributed by atoms with Crippen molar-refractivity contribution in [3.63, 3.8) is 0 Å². The van der Waals surface area contributed by atoms with Crippen LogP contribution in [0.3, 0.4) is 0 Å². The summed E-state index contributed by atoms with van der Waals surface area (Å²) >= 11 is 0. The van der Waals surface area contributed by atoms with Crippen LogP contribution in [0.4, 0.5) is 0 Å². The summed E-state index contributed by atoms with van der Waals surface area (Å²) in [5.74, 6) is -0.719. The van der Waals surface area contributed by atoms with Crippen molar-refractivity contribution < 1.29 is 23.9 Å². The maximum atomic E-state index is 13.3. The smallest absolute Gasteiger partial charge is 0.340 e. The highest BCUT2D eigenvalue weighted by Crippen LogP contribution is 2.42. The van der Waals surface area contributed by atoms with Gasteiger partial charge >= 0.3 is 11.9 Å². The van der Waals surface area contributed by atoms with E-state index in [0.29, 0.717) is 30.5 Å². The van der Waals surface area contributed by atoms with Crippen LogP contribution < -0.4 is 0 Å². The van der Waals surface area contributed by atoms with Gasteiger partial charge in [0.05, 0.1) is 36.7 Å². The molecule has 2 atom stereocenters. The number of H-pyrrole nitrogens is 2. The van der Waals surface area contributed by atoms with Gasteiger partial charge < -0.3 is 24.3 Å². The second-order valence-electron chi connectivity index (χ2n) is 14.0. The highest BCUT2D eigenvalue weighted by atomic mass is 16.5. The van der Waals surface area contributed by atoms with Gasteiger partial charge in [-0.05, 0) is 93.0 Å². The fourth-order valence-electron chi connectivity index (χ4n) is 7.53. The average molecular weight is 696 g/mol. The van der Waals surface area contributed by atoms with Gasteiger partial charge in [-0.2, -0.15) is 0 Å². The predicted octanol–water partition coefficient (Wildman–Crippen LogP) is 8.75. The van der Waals surface area contributed by atoms with Crippen LogP contribution in [0.15, 0.2) is 18.2 Å². The molecule has 2 N–H and O–H groups in total. The lowest BCUT2D eigenvalue weighted by molar-refractivity contribution is -0.140. The van der Waals surface area contributed by atoms with E-state index in [4.69, 9.17) is 19.4 Å². The molecule has 0 aromatic carbocycles. The van der Waals surface area contributed by atoms with Crippen LogP contribution in [-0.2, 0) is 25.6 Å². The molecule has 0 spiro atoms. The van der Waals surface area contributed by atoms with Crippen LogP contribution in [-0.4, -0.2) is 63.9 Å². The van der Waals surface area contributed by atoms with Crippen LogP contribution in [0.25, 0.3) is 33.2 Å². The number of amides is 1. The molecule has 0 saturated heterocycles. The van der Waals surface area contributed by atoms with Gasteiger partial charge in [0.25, 0.3) is 0 Å². The van der Waals surface area contributed by atoms with Gasteiger partial charge in [-0.15, -0.1) is 0 Å². The molecule has 10 heteroatoms. The number of ether oxygens (including phenoxy) is 2. The predicted molar refractivity (Wildman–Crippen MR) is 202 cm³/mol. The number of nitrogens with one attached hydrogen (secondary N) is 2. The zero-order chi connectivity index (χ0) is 37.1. The number of allylic oxidation sites excluding steroid dienone is 2. The third-order valence-corrected chi connectivity index (χ3v) is 10.9. The summed E-state index contributed by atoms with van der Waals surface area (Å²) in [6.45, 7) is 14.9. The number of aryl methyl sites for hydroxylation is 3. The Morgan fingerprint density at radius 2 is 1.55 bits per heavy atom. The number of methoxy groups -OCH3 is 2. The van der Waals surface area contributed by atoms with Crippen molar-refractivity contribution in [2.24, 2.45) is 0 Å². The molecule has 10 nitrogen and oxygen atoms in total. The Morgan fingerprint density at radius 1 is 0.843 bits per heavy atom. The molecule has 2 aliphatic heterocycles. The maximum absolute atomic E-state index is 13.3. The van der Waals surface area contributed by atoms with Crippen molar-refractivity contribution in [1.82, 2.24) is 24.8 Å². The molecule has 3 aromatic heterocycles. The number of esters is 2. The molecule has 5 heterocycles. The Kier molecular flexibility index (Phi) is 11.5. The van der Waals surface area contributed by atoms with E-state index >= 15 is 0 Å². The lowest BCUT2D eigenvalue weighted by Crippen LogP contribution is -2.26. The quantitative estimate of drug-likeness (QED) is 0.152. The van der Waals surface area contributed by atoms with Gasteiger partial charge in [-0.25, -0.2) is 9.78 Å². The lowest BCUT2D eigenvalue weighted by Gasteiger charge is -2.17. The zero-order valence-corrected chi connectivity index (χ0v) is 31.9. The number of unbranched alkanes of at least 4 members (excludes halogenated alkanes) is 2. The van der Waals surface area contributed by atoms with E-state index in [-0.39, 0.29) is 30.1 Å². The summed E-state index contributed by atoms with van der Waals surface area (Å²) in [5, 5.41) is 0. The normalized spacial score (nSPS) is 15.6. The number of hydrogen-bond acceptors (Lipinski definition) is 7. The number of fused-ring (bicyclic) bond motifs is 8. The summed E-state index contributed by atoms with van der Waals surface area (Å²) < 4.78 is 10.3. The molecule has 0 aliphatic carbocycles. The summed E-state index contributed by atoms with van der Waals surface area (Å²) in [4.78, 5) is 58.3. The van der Waals surface area contributed by atoms with Crippen LogP contribution in [0, 0.1) is 20.8 Å². The highest BCUT2D eigenvalue weighted by molar-refractivity contribution is 6.03. The minimum Gasteiger partial charge on any atom is -0.469 e. The van der Waals surface area contributed by atoms with E-state index in [1.54, 1.807) is 0 Å². The van der Waals surface area contributed by atoms with E-state index in [0.717, 1.165) is 98.4 Å². The first kappa shape index (κ1) is 37.5. The molecular formula is C41H53N5O5. The standard InChI is InChI=1S/C41H53N5O5/c1-11-13-14-15-36(47)46(8)21-29-24(5)30-18-32-23(4)28(16-17-37(48)50-9)39(44-32)26(7)40-38(41(49)51-10)25(6)33(45-40)20-34-27(12-2)22(3)31(42-34)19-35(29)43-30/h18-20,23,28,43,45H,11-17,21H2,1-10H3/t23-,28-/m0/s1. The van der Waals surface area contributed by atoms with Crippen molar-refractivity contribution in [3.8, 4) is 0 Å². The monoisotopic (exact) mass is 695 g/mol. The molecule has 51 heavy (non-hydrogen) atoms. The number of carbonyl (C=O) groups excluding carboxylic acids is 3. The van der Waals surface area contributed by atoms with Crippen molar-refractivity contribution in [2.75, 3.05) is 21.3 Å². The van der Waals surface area contributed by atoms with Crippen LogP contribution >= 0.6 is 0 Å². The first-order valence-electron chi connectivity index (χ1n) is 18.2. The van der Waals surface area contributed by atoms with Gasteiger partial charge in [0.15, 0.2) is 0 Å². The number of aromatic amines is 2. The summed E-state index contributed by atoms with van der Waals surface area (Å²) in [5.41, 5.74) is 12.9. The van der Waals surface area contributed by atoms with Crippen molar-refractivity contribution in [1.29, 1.82) is 0 Å². The fourth-order valence-corrected chi connectivity index (χ4v) is 7.53. The van der Waals surface area contributed by atoms with Crippen LogP contribution in [0.5, 0.6) is 0 Å². The Hall–Kier alpha value is -4.73. The minimum absolute atomic E-state index is 0.0337. The molecule has 0 unspecified atom stereocenters. The van der Waals surface area contributed by atoms with Crippen molar-refractivity contribution in [3.05, 3.63) is 68.8 Å². The minimum atomic E-state index is -0.434. The number of rotatable bonds is 11. The topological polar surface area (TPSA) is 130 Å². The molecule has 0 saturated carbocycles. The van der Waals surface area contributed by atoms with Gasteiger partial charge in [-0.3, -0.25) is 14.6 Å². The molecule has 2 aliphatic rings. The molecule has 1 amide bonds. The zero-order valence-electron chi connectivity index (χ0n) is 31.9. The molecule has 0 radical (unpaired) electrons. The number of hydrogen-bond donors (Lipinski definition) is 2. The molecule has 272 valence electrons. The third-order valence-electron chi connectivity index (χ3n) is 10.9. The van der Waals surface area contributed by atoms with E-state index in [1.807, 2.05) is 31.9 Å². The van der Waals surface area contributed by atoms with Gasteiger partial charge in [0.2, 0.25) is 5.91 Å². The number of aromatic nitrogens is 4. The van der Waals surface area contributed by atoms with E-state index in [9.17, 15) is 14.4 Å². The Bertz CT molecular complexity index is 2050. The first-order chi connectivity index (χ1) is 24.3. The van der Waals surface area contributed by atoms with Crippen molar-refractivity contribution in [2.45, 2.75) is 112 Å². The fraction of sp³-hybridized carbons (Fsp3) is 0.488. The van der Waals surface area contributed by atoms with Gasteiger partial charge in [0.1, 0.15) is 0 Å². The second kappa shape index (κ2) is 15.7. The molecule has 5 rings (SSSR count). The Labute approximate surface area is 301 Å². The van der Waals surface area contributed by atoms with Gasteiger partial charge in [0, 0.05) is 71.8 Å². The average Bonchev–Trinajstić information content (AvgIpc) is 3.80. The maximum Gasteiger partial charge on any atom is 0.340 e. The van der Waals surface area contributed by atoms with Crippen LogP contribution in [0.1, 0.15) is 140 Å². The number of nitrogens with zero attached hydrogens (tertiary/aromatic N) is 3. The molecule has 3 aromatic rings. The van der Waals surface area contributed by atoms with E-state index in [2.05, 4.69) is 56.7 Å². The summed E-state index contributed by atoms with van der Waals surface area (Å²) in [7, 11) is 4.67. The van der Waals surface area contributed by atoms with E-state index < -0.39 is 5.97 Å². The molecular weight excluding hydrogens is 642 g/mol. The Morgan fingerprint density at radius 3 is 2.22 bits per heavy atom. The largest absolute Gasteiger partial charge is 0.469 e. The van der Waals surface area contributed by atoms with E-state index in [1.165, 1.54) is 14.2 Å². The first-order valence-corrected chi connectivity index (χ1v) is 18.2. The second-order valence-corrected chi connectivity index (χ2v) is 14.0. The Balaban J connectivity index is 1.86. The summed E-state index contributed by atoms with van der Waals surface area (Å²) in [6, 6.07) is 6.20. The molecule has 8 bridgehead atoms. The SMILES string of the molecule is CCCCCC(=O)N(C)Cc1c(C)c2cc3nc(c(C)c4[nH]c(cc5nc(cc1[nH]2)C(C)=C5CC)c(C)c4C(=O)OC)[C@@H](CCC(=O)OC)[C@@H]3C. The van der Waals surface area contributed by atoms with Crippen molar-refractivity contribution >= 4 is 51.1 Å². The van der Waals surface area contributed by atoms with Crippen LogP contribution in [0.2, 0.25) is 0 Å². The number of carbonyl (C=O) groups is 3.